The summed E-state index contributed by atoms with van der Waals surface area (Å²) in [6.45, 7) is 2.18. The van der Waals surface area contributed by atoms with Gasteiger partial charge < -0.3 is 4.74 Å². The largest absolute Gasteiger partial charge is 0.384 e. The molecule has 0 radical (unpaired) electrons. The number of carbonyl (C=O) groups is 3. The van der Waals surface area contributed by atoms with Crippen LogP contribution in [0.3, 0.4) is 0 Å². The lowest BCUT2D eigenvalue weighted by molar-refractivity contribution is -0.125. The SMILES string of the molecule is COCCC(=O)C1c2c3ccccc3cn2C(=O)CC(=O)N1c1cccc(C)c1. The van der Waals surface area contributed by atoms with Crippen molar-refractivity contribution in [2.45, 2.75) is 25.8 Å². The van der Waals surface area contributed by atoms with Crippen molar-refractivity contribution in [3.05, 3.63) is 66.0 Å². The molecule has 4 rings (SSSR count). The average molecular weight is 390 g/mol. The molecule has 0 saturated heterocycles. The van der Waals surface area contributed by atoms with E-state index in [1.54, 1.807) is 12.3 Å². The summed E-state index contributed by atoms with van der Waals surface area (Å²) in [5.74, 6) is -0.883. The zero-order valence-corrected chi connectivity index (χ0v) is 16.4. The number of anilines is 1. The van der Waals surface area contributed by atoms with E-state index >= 15 is 0 Å². The van der Waals surface area contributed by atoms with Gasteiger partial charge in [0.05, 0.1) is 12.3 Å². The highest BCUT2D eigenvalue weighted by atomic mass is 16.5. The Bertz CT molecular complexity index is 1120. The Kier molecular flexibility index (Phi) is 5.03. The number of ketones is 1. The van der Waals surface area contributed by atoms with E-state index in [2.05, 4.69) is 0 Å². The van der Waals surface area contributed by atoms with Gasteiger partial charge in [-0.05, 0) is 24.6 Å². The molecule has 6 heteroatoms. The number of fused-ring (bicyclic) bond motifs is 3. The molecular weight excluding hydrogens is 368 g/mol. The summed E-state index contributed by atoms with van der Waals surface area (Å²) < 4.78 is 6.58. The molecule has 1 aliphatic rings. The zero-order chi connectivity index (χ0) is 20.5. The van der Waals surface area contributed by atoms with Gasteiger partial charge in [0.2, 0.25) is 11.8 Å². The molecule has 0 spiro atoms. The minimum atomic E-state index is -0.897. The van der Waals surface area contributed by atoms with E-state index in [1.807, 2.05) is 49.4 Å². The Morgan fingerprint density at radius 2 is 1.90 bits per heavy atom. The van der Waals surface area contributed by atoms with Gasteiger partial charge in [-0.25, -0.2) is 0 Å². The summed E-state index contributed by atoms with van der Waals surface area (Å²) in [4.78, 5) is 40.8. The van der Waals surface area contributed by atoms with Gasteiger partial charge in [-0.3, -0.25) is 23.9 Å². The summed E-state index contributed by atoms with van der Waals surface area (Å²) in [6.07, 6.45) is 1.57. The van der Waals surface area contributed by atoms with Crippen LogP contribution in [0.5, 0.6) is 0 Å². The Labute approximate surface area is 168 Å². The van der Waals surface area contributed by atoms with Crippen LogP contribution in [0, 0.1) is 6.92 Å². The monoisotopic (exact) mass is 390 g/mol. The summed E-state index contributed by atoms with van der Waals surface area (Å²) in [5, 5.41) is 1.66. The highest BCUT2D eigenvalue weighted by molar-refractivity contribution is 6.13. The molecule has 29 heavy (non-hydrogen) atoms. The van der Waals surface area contributed by atoms with Gasteiger partial charge in [-0.15, -0.1) is 0 Å². The fourth-order valence-electron chi connectivity index (χ4n) is 3.94. The van der Waals surface area contributed by atoms with E-state index in [4.69, 9.17) is 4.74 Å². The second kappa shape index (κ2) is 7.64. The number of nitrogens with zero attached hydrogens (tertiary/aromatic N) is 2. The first-order valence-corrected chi connectivity index (χ1v) is 9.55. The molecule has 1 unspecified atom stereocenters. The van der Waals surface area contributed by atoms with Crippen molar-refractivity contribution in [3.63, 3.8) is 0 Å². The van der Waals surface area contributed by atoms with Crippen LogP contribution < -0.4 is 4.90 Å². The van der Waals surface area contributed by atoms with E-state index in [1.165, 1.54) is 16.6 Å². The number of carbonyl (C=O) groups excluding carboxylic acids is 3. The maximum absolute atomic E-state index is 13.3. The number of benzene rings is 2. The van der Waals surface area contributed by atoms with Crippen LogP contribution >= 0.6 is 0 Å². The number of amides is 1. The number of hydrogen-bond acceptors (Lipinski definition) is 4. The van der Waals surface area contributed by atoms with Crippen LogP contribution in [-0.2, 0) is 14.3 Å². The molecule has 0 bridgehead atoms. The van der Waals surface area contributed by atoms with Crippen LogP contribution in [0.25, 0.3) is 10.8 Å². The smallest absolute Gasteiger partial charge is 0.240 e. The summed E-state index contributed by atoms with van der Waals surface area (Å²) in [7, 11) is 1.53. The lowest BCUT2D eigenvalue weighted by Gasteiger charge is -2.30. The Hall–Kier alpha value is -3.25. The van der Waals surface area contributed by atoms with E-state index < -0.39 is 6.04 Å². The third-order valence-electron chi connectivity index (χ3n) is 5.26. The first kappa shape index (κ1) is 19.1. The van der Waals surface area contributed by atoms with Gasteiger partial charge in [0.1, 0.15) is 12.5 Å². The molecule has 1 aliphatic heterocycles. The number of methoxy groups -OCH3 is 1. The van der Waals surface area contributed by atoms with Gasteiger partial charge in [0.15, 0.2) is 5.78 Å². The molecule has 2 heterocycles. The molecule has 0 saturated carbocycles. The molecule has 0 aliphatic carbocycles. The number of aromatic nitrogens is 1. The number of Topliss-reactive ketones (excluding diaryl/α,β-unsaturated/α-hetero) is 1. The van der Waals surface area contributed by atoms with Crippen molar-refractivity contribution < 1.29 is 19.1 Å². The van der Waals surface area contributed by atoms with Crippen molar-refractivity contribution in [2.24, 2.45) is 0 Å². The van der Waals surface area contributed by atoms with Crippen molar-refractivity contribution in [1.29, 1.82) is 0 Å². The third-order valence-corrected chi connectivity index (χ3v) is 5.26. The highest BCUT2D eigenvalue weighted by Gasteiger charge is 2.40. The first-order valence-electron chi connectivity index (χ1n) is 9.55. The van der Waals surface area contributed by atoms with Crippen LogP contribution in [0.2, 0.25) is 0 Å². The van der Waals surface area contributed by atoms with Crippen LogP contribution in [0.15, 0.2) is 54.7 Å². The fraction of sp³-hybridized carbons (Fsp3) is 0.261. The average Bonchev–Trinajstić information content (AvgIpc) is 3.04. The number of rotatable bonds is 5. The highest BCUT2D eigenvalue weighted by Crippen LogP contribution is 2.37. The molecule has 2 aromatic carbocycles. The molecule has 1 amide bonds. The Morgan fingerprint density at radius 3 is 2.66 bits per heavy atom. The third kappa shape index (κ3) is 3.36. The zero-order valence-electron chi connectivity index (χ0n) is 16.4. The minimum absolute atomic E-state index is 0.143. The maximum atomic E-state index is 13.3. The normalized spacial score (nSPS) is 16.8. The fourth-order valence-corrected chi connectivity index (χ4v) is 3.94. The summed E-state index contributed by atoms with van der Waals surface area (Å²) >= 11 is 0. The molecule has 1 aromatic heterocycles. The molecule has 3 aromatic rings. The van der Waals surface area contributed by atoms with Crippen molar-refractivity contribution in [1.82, 2.24) is 4.57 Å². The maximum Gasteiger partial charge on any atom is 0.240 e. The summed E-state index contributed by atoms with van der Waals surface area (Å²) in [5.41, 5.74) is 2.12. The second-order valence-electron chi connectivity index (χ2n) is 7.26. The van der Waals surface area contributed by atoms with Gasteiger partial charge >= 0.3 is 0 Å². The van der Waals surface area contributed by atoms with Gasteiger partial charge in [-0.1, -0.05) is 36.4 Å². The standard InChI is InChI=1S/C23H22N2O4/c1-15-6-5-8-17(12-15)25-21(28)13-20(27)24-14-16-7-3-4-9-18(16)22(24)23(25)19(26)10-11-29-2/h3-9,12,14,23H,10-11,13H2,1-2H3. The predicted molar refractivity (Wildman–Crippen MR) is 110 cm³/mol. The number of ether oxygens (including phenoxy) is 1. The Morgan fingerprint density at radius 1 is 1.10 bits per heavy atom. The molecule has 0 N–H and O–H groups in total. The lowest BCUT2D eigenvalue weighted by atomic mass is 10.00. The molecular formula is C23H22N2O4. The topological polar surface area (TPSA) is 68.6 Å². The van der Waals surface area contributed by atoms with Crippen molar-refractivity contribution in [3.8, 4) is 0 Å². The Balaban J connectivity index is 1.97. The van der Waals surface area contributed by atoms with Crippen LogP contribution in [0.4, 0.5) is 5.69 Å². The van der Waals surface area contributed by atoms with E-state index in [0.717, 1.165) is 16.3 Å². The second-order valence-corrected chi connectivity index (χ2v) is 7.26. The number of hydrogen-bond donors (Lipinski definition) is 0. The predicted octanol–water partition coefficient (Wildman–Crippen LogP) is 3.67. The van der Waals surface area contributed by atoms with E-state index in [9.17, 15) is 14.4 Å². The molecule has 6 nitrogen and oxygen atoms in total. The lowest BCUT2D eigenvalue weighted by Crippen LogP contribution is -2.38. The molecule has 148 valence electrons. The van der Waals surface area contributed by atoms with E-state index in [-0.39, 0.29) is 37.0 Å². The van der Waals surface area contributed by atoms with Gasteiger partial charge in [0.25, 0.3) is 0 Å². The van der Waals surface area contributed by atoms with Crippen molar-refractivity contribution >= 4 is 34.1 Å². The number of aryl methyl sites for hydroxylation is 1. The summed E-state index contributed by atoms with van der Waals surface area (Å²) in [6, 6.07) is 14.1. The van der Waals surface area contributed by atoms with Crippen molar-refractivity contribution in [2.75, 3.05) is 18.6 Å². The van der Waals surface area contributed by atoms with Crippen LogP contribution in [-0.4, -0.2) is 35.9 Å². The first-order chi connectivity index (χ1) is 14.0. The van der Waals surface area contributed by atoms with Gasteiger partial charge in [-0.2, -0.15) is 0 Å². The molecule has 0 fully saturated rings. The minimum Gasteiger partial charge on any atom is -0.384 e. The van der Waals surface area contributed by atoms with E-state index in [0.29, 0.717) is 11.4 Å². The quantitative estimate of drug-likeness (QED) is 0.624. The van der Waals surface area contributed by atoms with Gasteiger partial charge in [0, 0.05) is 36.2 Å². The molecule has 1 atom stereocenters. The van der Waals surface area contributed by atoms with Crippen LogP contribution in [0.1, 0.15) is 34.9 Å².